The number of nitrogens with zero attached hydrogens (tertiary/aromatic N) is 2. The van der Waals surface area contributed by atoms with Gasteiger partial charge >= 0.3 is 0 Å². The Kier molecular flexibility index (Phi) is 1.16. The molecule has 3 saturated heterocycles. The molecule has 66 valence electrons. The van der Waals surface area contributed by atoms with Crippen molar-refractivity contribution in [2.45, 2.75) is 31.2 Å². The molecule has 1 spiro atoms. The predicted octanol–water partition coefficient (Wildman–Crippen LogP) is 1.07. The zero-order valence-corrected chi connectivity index (χ0v) is 7.16. The summed E-state index contributed by atoms with van der Waals surface area (Å²) < 4.78 is 0. The molecule has 3 heteroatoms. The largest absolute Gasteiger partial charge is 0.411 e. The van der Waals surface area contributed by atoms with Crippen molar-refractivity contribution in [3.63, 3.8) is 0 Å². The lowest BCUT2D eigenvalue weighted by atomic mass is 9.80. The molecule has 2 bridgehead atoms. The topological polar surface area (TPSA) is 35.8 Å². The highest BCUT2D eigenvalue weighted by atomic mass is 16.4. The smallest absolute Gasteiger partial charge is 0.0805 e. The van der Waals surface area contributed by atoms with Crippen LogP contribution in [0.1, 0.15) is 25.7 Å². The van der Waals surface area contributed by atoms with Crippen molar-refractivity contribution in [2.24, 2.45) is 11.1 Å². The molecule has 1 saturated carbocycles. The van der Waals surface area contributed by atoms with E-state index in [4.69, 9.17) is 5.21 Å². The summed E-state index contributed by atoms with van der Waals surface area (Å²) in [5.74, 6) is 0.600. The molecule has 4 aliphatic rings. The minimum atomic E-state index is 0.246. The molecule has 1 aliphatic carbocycles. The highest BCUT2D eigenvalue weighted by Crippen LogP contribution is 2.51. The van der Waals surface area contributed by atoms with Crippen LogP contribution in [0.2, 0.25) is 0 Å². The normalized spacial score (nSPS) is 45.5. The lowest BCUT2D eigenvalue weighted by molar-refractivity contribution is 0.125. The van der Waals surface area contributed by atoms with Crippen molar-refractivity contribution < 1.29 is 5.21 Å². The summed E-state index contributed by atoms with van der Waals surface area (Å²) in [7, 11) is 0. The fourth-order valence-electron chi connectivity index (χ4n) is 2.99. The quantitative estimate of drug-likeness (QED) is 0.431. The van der Waals surface area contributed by atoms with Gasteiger partial charge in [-0.1, -0.05) is 5.16 Å². The molecule has 0 atom stereocenters. The average molecular weight is 166 g/mol. The van der Waals surface area contributed by atoms with Gasteiger partial charge in [-0.2, -0.15) is 0 Å². The number of piperidine rings is 3. The van der Waals surface area contributed by atoms with Crippen LogP contribution in [0, 0.1) is 5.92 Å². The van der Waals surface area contributed by atoms with Gasteiger partial charge in [0.15, 0.2) is 0 Å². The Balaban J connectivity index is 2.02. The van der Waals surface area contributed by atoms with Gasteiger partial charge in [0.1, 0.15) is 0 Å². The minimum Gasteiger partial charge on any atom is -0.411 e. The van der Waals surface area contributed by atoms with E-state index in [0.29, 0.717) is 5.92 Å². The Hall–Kier alpha value is -0.570. The molecular formula is C9H14N2O. The first kappa shape index (κ1) is 6.89. The second-order valence-corrected chi connectivity index (χ2v) is 4.28. The SMILES string of the molecule is ON=C1C2CCN(CC2)C12CC2. The first-order valence-corrected chi connectivity index (χ1v) is 4.84. The Morgan fingerprint density at radius 2 is 2.00 bits per heavy atom. The molecule has 0 radical (unpaired) electrons. The van der Waals surface area contributed by atoms with E-state index >= 15 is 0 Å². The molecule has 3 aliphatic heterocycles. The van der Waals surface area contributed by atoms with E-state index in [0.717, 1.165) is 5.71 Å². The van der Waals surface area contributed by atoms with Crippen LogP contribution < -0.4 is 0 Å². The molecule has 0 unspecified atom stereocenters. The van der Waals surface area contributed by atoms with Gasteiger partial charge in [0.05, 0.1) is 11.3 Å². The number of fused-ring (bicyclic) bond motifs is 2. The lowest BCUT2D eigenvalue weighted by Crippen LogP contribution is -2.57. The fourth-order valence-corrected chi connectivity index (χ4v) is 2.99. The van der Waals surface area contributed by atoms with E-state index in [2.05, 4.69) is 10.1 Å². The highest BCUT2D eigenvalue weighted by Gasteiger charge is 2.58. The molecule has 0 amide bonds. The van der Waals surface area contributed by atoms with Gasteiger partial charge in [0.25, 0.3) is 0 Å². The first-order chi connectivity index (χ1) is 5.87. The van der Waals surface area contributed by atoms with Gasteiger partial charge < -0.3 is 5.21 Å². The average Bonchev–Trinajstić information content (AvgIpc) is 2.88. The Morgan fingerprint density at radius 1 is 1.33 bits per heavy atom. The summed E-state index contributed by atoms with van der Waals surface area (Å²) >= 11 is 0. The van der Waals surface area contributed by atoms with E-state index in [1.807, 2.05) is 0 Å². The number of rotatable bonds is 0. The zero-order chi connectivity index (χ0) is 8.18. The van der Waals surface area contributed by atoms with Crippen LogP contribution in [-0.4, -0.2) is 34.4 Å². The minimum absolute atomic E-state index is 0.246. The van der Waals surface area contributed by atoms with Crippen LogP contribution in [0.5, 0.6) is 0 Å². The van der Waals surface area contributed by atoms with Crippen molar-refractivity contribution >= 4 is 5.71 Å². The summed E-state index contributed by atoms with van der Waals surface area (Å²) in [6.45, 7) is 2.45. The highest BCUT2D eigenvalue weighted by molar-refractivity contribution is 5.99. The van der Waals surface area contributed by atoms with Gasteiger partial charge in [-0.15, -0.1) is 0 Å². The van der Waals surface area contributed by atoms with Gasteiger partial charge in [0, 0.05) is 5.92 Å². The first-order valence-electron chi connectivity index (χ1n) is 4.84. The molecule has 0 aromatic carbocycles. The van der Waals surface area contributed by atoms with Gasteiger partial charge in [-0.3, -0.25) is 4.90 Å². The second kappa shape index (κ2) is 2.02. The van der Waals surface area contributed by atoms with Crippen LogP contribution in [0.4, 0.5) is 0 Å². The third-order valence-corrected chi connectivity index (χ3v) is 3.80. The van der Waals surface area contributed by atoms with E-state index in [9.17, 15) is 0 Å². The summed E-state index contributed by atoms with van der Waals surface area (Å²) in [6.07, 6.45) is 4.87. The van der Waals surface area contributed by atoms with Crippen LogP contribution in [-0.2, 0) is 0 Å². The molecule has 1 N–H and O–H groups in total. The molecule has 12 heavy (non-hydrogen) atoms. The monoisotopic (exact) mass is 166 g/mol. The van der Waals surface area contributed by atoms with Crippen LogP contribution in [0.25, 0.3) is 0 Å². The van der Waals surface area contributed by atoms with Gasteiger partial charge in [-0.05, 0) is 38.8 Å². The zero-order valence-electron chi connectivity index (χ0n) is 7.16. The fraction of sp³-hybridized carbons (Fsp3) is 0.889. The van der Waals surface area contributed by atoms with E-state index < -0.39 is 0 Å². The maximum Gasteiger partial charge on any atom is 0.0805 e. The number of hydrogen-bond donors (Lipinski definition) is 1. The van der Waals surface area contributed by atoms with E-state index in [1.54, 1.807) is 0 Å². The van der Waals surface area contributed by atoms with E-state index in [1.165, 1.54) is 38.8 Å². The van der Waals surface area contributed by atoms with Crippen LogP contribution in [0.15, 0.2) is 5.16 Å². The van der Waals surface area contributed by atoms with Crippen molar-refractivity contribution in [1.29, 1.82) is 0 Å². The van der Waals surface area contributed by atoms with Crippen molar-refractivity contribution in [3.8, 4) is 0 Å². The molecular weight excluding hydrogens is 152 g/mol. The van der Waals surface area contributed by atoms with Gasteiger partial charge in [0.2, 0.25) is 0 Å². The molecule has 3 nitrogen and oxygen atoms in total. The maximum atomic E-state index is 8.95. The maximum absolute atomic E-state index is 8.95. The predicted molar refractivity (Wildman–Crippen MR) is 45.5 cm³/mol. The van der Waals surface area contributed by atoms with Crippen LogP contribution in [0.3, 0.4) is 0 Å². The van der Waals surface area contributed by atoms with Gasteiger partial charge in [-0.25, -0.2) is 0 Å². The molecule has 4 rings (SSSR count). The summed E-state index contributed by atoms with van der Waals surface area (Å²) in [5, 5.41) is 12.5. The standard InChI is InChI=1S/C9H14N2O/c12-10-8-7-1-5-11(6-2-7)9(8)3-4-9/h7,12H,1-6H2. The molecule has 0 aromatic heterocycles. The van der Waals surface area contributed by atoms with E-state index in [-0.39, 0.29) is 5.54 Å². The second-order valence-electron chi connectivity index (χ2n) is 4.28. The third-order valence-electron chi connectivity index (χ3n) is 3.80. The summed E-state index contributed by atoms with van der Waals surface area (Å²) in [6, 6.07) is 0. The Labute approximate surface area is 72.0 Å². The van der Waals surface area contributed by atoms with Crippen molar-refractivity contribution in [3.05, 3.63) is 0 Å². The summed E-state index contributed by atoms with van der Waals surface area (Å²) in [5.41, 5.74) is 1.34. The number of hydrogen-bond acceptors (Lipinski definition) is 3. The molecule has 0 aromatic rings. The van der Waals surface area contributed by atoms with Crippen molar-refractivity contribution in [2.75, 3.05) is 13.1 Å². The van der Waals surface area contributed by atoms with Crippen molar-refractivity contribution in [1.82, 2.24) is 4.90 Å². The Bertz CT molecular complexity index is 237. The number of oxime groups is 1. The third kappa shape index (κ3) is 0.637. The lowest BCUT2D eigenvalue weighted by Gasteiger charge is -2.46. The molecule has 3 heterocycles. The molecule has 4 fully saturated rings. The summed E-state index contributed by atoms with van der Waals surface area (Å²) in [4.78, 5) is 2.52. The Morgan fingerprint density at radius 3 is 2.42 bits per heavy atom. The van der Waals surface area contributed by atoms with Crippen LogP contribution >= 0.6 is 0 Å².